The summed E-state index contributed by atoms with van der Waals surface area (Å²) in [7, 11) is 1.53. The number of nitrogens with one attached hydrogen (secondary N) is 2. The first kappa shape index (κ1) is 16.4. The molecular weight excluding hydrogens is 324 g/mol. The average molecular weight is 340 g/mol. The Labute approximate surface area is 142 Å². The van der Waals surface area contributed by atoms with Crippen LogP contribution in [-0.2, 0) is 18.3 Å². The minimum Gasteiger partial charge on any atom is -0.469 e. The fourth-order valence-corrected chi connectivity index (χ4v) is 2.52. The van der Waals surface area contributed by atoms with Crippen molar-refractivity contribution in [1.29, 1.82) is 0 Å². The fraction of sp³-hybridized carbons (Fsp3) is 0.176. The van der Waals surface area contributed by atoms with E-state index >= 15 is 0 Å². The number of hydrogen-bond donors (Lipinski definition) is 2. The Bertz CT molecular complexity index is 1020. The van der Waals surface area contributed by atoms with E-state index in [4.69, 9.17) is 4.42 Å². The minimum absolute atomic E-state index is 0.0840. The van der Waals surface area contributed by atoms with Gasteiger partial charge in [-0.3, -0.25) is 25.2 Å². The van der Waals surface area contributed by atoms with Gasteiger partial charge < -0.3 is 4.42 Å². The molecule has 8 heteroatoms. The molecule has 1 aromatic carbocycles. The molecule has 8 nitrogen and oxygen atoms in total. The first-order chi connectivity index (χ1) is 12.0. The van der Waals surface area contributed by atoms with Gasteiger partial charge in [-0.2, -0.15) is 5.10 Å². The van der Waals surface area contributed by atoms with Gasteiger partial charge in [0.1, 0.15) is 5.76 Å². The molecule has 0 aliphatic heterocycles. The van der Waals surface area contributed by atoms with E-state index in [1.54, 1.807) is 31.2 Å². The number of carbonyl (C=O) groups is 2. The van der Waals surface area contributed by atoms with E-state index in [1.165, 1.54) is 24.1 Å². The van der Waals surface area contributed by atoms with Crippen molar-refractivity contribution in [3.05, 3.63) is 64.0 Å². The Hall–Kier alpha value is -3.42. The highest BCUT2D eigenvalue weighted by Crippen LogP contribution is 2.13. The average Bonchev–Trinajstić information content (AvgIpc) is 3.03. The zero-order chi connectivity index (χ0) is 18.0. The molecule has 0 aliphatic carbocycles. The Balaban J connectivity index is 1.75. The normalized spacial score (nSPS) is 10.6. The number of carbonyl (C=O) groups excluding carboxylic acids is 2. The lowest BCUT2D eigenvalue weighted by Gasteiger charge is -2.09. The third-order valence-electron chi connectivity index (χ3n) is 3.78. The van der Waals surface area contributed by atoms with Gasteiger partial charge in [0.25, 0.3) is 11.5 Å². The van der Waals surface area contributed by atoms with Crippen molar-refractivity contribution in [2.45, 2.75) is 13.3 Å². The number of rotatable bonds is 3. The van der Waals surface area contributed by atoms with Crippen molar-refractivity contribution < 1.29 is 14.0 Å². The summed E-state index contributed by atoms with van der Waals surface area (Å²) in [5.41, 5.74) is 5.22. The maximum absolute atomic E-state index is 12.1. The van der Waals surface area contributed by atoms with Gasteiger partial charge in [-0.05, 0) is 19.1 Å². The highest BCUT2D eigenvalue weighted by atomic mass is 16.3. The smallest absolute Gasteiger partial charge is 0.274 e. The number of amides is 2. The Morgan fingerprint density at radius 3 is 2.56 bits per heavy atom. The third-order valence-corrected chi connectivity index (χ3v) is 3.78. The van der Waals surface area contributed by atoms with Crippen molar-refractivity contribution in [3.8, 4) is 0 Å². The summed E-state index contributed by atoms with van der Waals surface area (Å²) in [5.74, 6) is -0.471. The van der Waals surface area contributed by atoms with Gasteiger partial charge in [-0.1, -0.05) is 18.2 Å². The van der Waals surface area contributed by atoms with Gasteiger partial charge in [-0.25, -0.2) is 4.68 Å². The topological polar surface area (TPSA) is 106 Å². The molecule has 0 bridgehead atoms. The molecule has 0 radical (unpaired) electrons. The van der Waals surface area contributed by atoms with Gasteiger partial charge in [0, 0.05) is 12.4 Å². The SMILES string of the molecule is Cc1occc1C(=O)NNC(=O)Cc1nn(C)c(=O)c2ccccc12. The Morgan fingerprint density at radius 1 is 1.16 bits per heavy atom. The number of benzene rings is 1. The maximum Gasteiger partial charge on any atom is 0.274 e. The van der Waals surface area contributed by atoms with E-state index < -0.39 is 11.8 Å². The number of fused-ring (bicyclic) bond motifs is 1. The summed E-state index contributed by atoms with van der Waals surface area (Å²) in [4.78, 5) is 36.2. The molecule has 25 heavy (non-hydrogen) atoms. The van der Waals surface area contributed by atoms with E-state index in [0.29, 0.717) is 27.8 Å². The predicted octanol–water partition coefficient (Wildman–Crippen LogP) is 0.839. The summed E-state index contributed by atoms with van der Waals surface area (Å²) < 4.78 is 6.24. The largest absolute Gasteiger partial charge is 0.469 e. The lowest BCUT2D eigenvalue weighted by atomic mass is 10.1. The van der Waals surface area contributed by atoms with Crippen LogP contribution in [0.4, 0.5) is 0 Å². The van der Waals surface area contributed by atoms with Crippen LogP contribution in [0.5, 0.6) is 0 Å². The van der Waals surface area contributed by atoms with Crippen molar-refractivity contribution in [2.75, 3.05) is 0 Å². The van der Waals surface area contributed by atoms with E-state index in [-0.39, 0.29) is 12.0 Å². The summed E-state index contributed by atoms with van der Waals surface area (Å²) >= 11 is 0. The summed E-state index contributed by atoms with van der Waals surface area (Å²) in [6.45, 7) is 1.65. The molecule has 0 aliphatic rings. The monoisotopic (exact) mass is 340 g/mol. The molecule has 3 rings (SSSR count). The molecule has 2 aromatic heterocycles. The molecule has 2 N–H and O–H groups in total. The standard InChI is InChI=1S/C17H16N4O4/c1-10-11(7-8-25-10)16(23)19-18-15(22)9-14-12-5-3-4-6-13(12)17(24)21(2)20-14/h3-8H,9H2,1-2H3,(H,18,22)(H,19,23). The number of hydrogen-bond acceptors (Lipinski definition) is 5. The lowest BCUT2D eigenvalue weighted by molar-refractivity contribution is -0.121. The molecule has 0 saturated heterocycles. The second kappa shape index (κ2) is 6.60. The predicted molar refractivity (Wildman–Crippen MR) is 89.7 cm³/mol. The van der Waals surface area contributed by atoms with E-state index in [2.05, 4.69) is 16.0 Å². The van der Waals surface area contributed by atoms with E-state index in [1.807, 2.05) is 0 Å². The van der Waals surface area contributed by atoms with E-state index in [0.717, 1.165) is 0 Å². The van der Waals surface area contributed by atoms with Crippen LogP contribution in [-0.4, -0.2) is 21.6 Å². The van der Waals surface area contributed by atoms with Crippen LogP contribution >= 0.6 is 0 Å². The molecule has 128 valence electrons. The van der Waals surface area contributed by atoms with Crippen LogP contribution in [0, 0.1) is 6.92 Å². The van der Waals surface area contributed by atoms with Crippen LogP contribution in [0.2, 0.25) is 0 Å². The zero-order valence-corrected chi connectivity index (χ0v) is 13.7. The van der Waals surface area contributed by atoms with Crippen LogP contribution in [0.1, 0.15) is 21.8 Å². The van der Waals surface area contributed by atoms with E-state index in [9.17, 15) is 14.4 Å². The zero-order valence-electron chi connectivity index (χ0n) is 13.7. The fourth-order valence-electron chi connectivity index (χ4n) is 2.52. The van der Waals surface area contributed by atoms with Gasteiger partial charge in [0.15, 0.2) is 0 Å². The summed E-state index contributed by atoms with van der Waals surface area (Å²) in [6, 6.07) is 8.46. The second-order valence-electron chi connectivity index (χ2n) is 5.49. The van der Waals surface area contributed by atoms with Gasteiger partial charge in [-0.15, -0.1) is 0 Å². The molecule has 0 saturated carbocycles. The highest BCUT2D eigenvalue weighted by molar-refractivity contribution is 5.96. The molecule has 0 fully saturated rings. The quantitative estimate of drug-likeness (QED) is 0.687. The Morgan fingerprint density at radius 2 is 1.88 bits per heavy atom. The lowest BCUT2D eigenvalue weighted by Crippen LogP contribution is -2.42. The van der Waals surface area contributed by atoms with Crippen molar-refractivity contribution >= 4 is 22.6 Å². The van der Waals surface area contributed by atoms with Crippen molar-refractivity contribution in [3.63, 3.8) is 0 Å². The van der Waals surface area contributed by atoms with Gasteiger partial charge in [0.2, 0.25) is 5.91 Å². The molecular formula is C17H16N4O4. The van der Waals surface area contributed by atoms with Crippen LogP contribution in [0.3, 0.4) is 0 Å². The number of aryl methyl sites for hydroxylation is 2. The number of furan rings is 1. The second-order valence-corrected chi connectivity index (χ2v) is 5.49. The van der Waals surface area contributed by atoms with Crippen molar-refractivity contribution in [2.24, 2.45) is 7.05 Å². The summed E-state index contributed by atoms with van der Waals surface area (Å²) in [5, 5.41) is 5.24. The Kier molecular flexibility index (Phi) is 4.34. The minimum atomic E-state index is -0.474. The molecule has 3 aromatic rings. The first-order valence-electron chi connectivity index (χ1n) is 7.55. The maximum atomic E-state index is 12.1. The number of hydrazine groups is 1. The van der Waals surface area contributed by atoms with Gasteiger partial charge in [0.05, 0.1) is 29.3 Å². The number of nitrogens with zero attached hydrogens (tertiary/aromatic N) is 2. The van der Waals surface area contributed by atoms with Gasteiger partial charge >= 0.3 is 0 Å². The highest BCUT2D eigenvalue weighted by Gasteiger charge is 2.15. The van der Waals surface area contributed by atoms with Crippen LogP contribution in [0.15, 0.2) is 45.8 Å². The molecule has 0 unspecified atom stereocenters. The number of aromatic nitrogens is 2. The molecule has 0 spiro atoms. The van der Waals surface area contributed by atoms with Crippen LogP contribution in [0.25, 0.3) is 10.8 Å². The van der Waals surface area contributed by atoms with Crippen molar-refractivity contribution in [1.82, 2.24) is 20.6 Å². The van der Waals surface area contributed by atoms with Crippen LogP contribution < -0.4 is 16.4 Å². The third kappa shape index (κ3) is 3.27. The summed E-state index contributed by atoms with van der Waals surface area (Å²) in [6.07, 6.45) is 1.31. The first-order valence-corrected chi connectivity index (χ1v) is 7.55. The molecule has 0 atom stereocenters. The molecule has 2 heterocycles. The molecule has 2 amide bonds.